The van der Waals surface area contributed by atoms with E-state index in [0.717, 1.165) is 42.5 Å². The predicted molar refractivity (Wildman–Crippen MR) is 116 cm³/mol. The van der Waals surface area contributed by atoms with Gasteiger partial charge in [-0.15, -0.1) is 0 Å². The summed E-state index contributed by atoms with van der Waals surface area (Å²) in [5, 5.41) is 0.748. The number of pyridine rings is 1. The number of carbonyl (C=O) groups is 1. The number of hydrogen-bond acceptors (Lipinski definition) is 4. The monoisotopic (exact) mass is 415 g/mol. The van der Waals surface area contributed by atoms with E-state index in [4.69, 9.17) is 21.3 Å². The molecule has 5 nitrogen and oxygen atoms in total. The van der Waals surface area contributed by atoms with E-state index in [1.165, 1.54) is 11.1 Å². The molecule has 1 unspecified atom stereocenters. The van der Waals surface area contributed by atoms with Gasteiger partial charge in [-0.1, -0.05) is 23.7 Å². The van der Waals surface area contributed by atoms with Crippen molar-refractivity contribution >= 4 is 17.5 Å². The fourth-order valence-electron chi connectivity index (χ4n) is 3.81. The summed E-state index contributed by atoms with van der Waals surface area (Å²) in [5.74, 6) is 0.175. The topological polar surface area (TPSA) is 45.7 Å². The van der Waals surface area contributed by atoms with E-state index >= 15 is 0 Å². The third-order valence-corrected chi connectivity index (χ3v) is 5.52. The Bertz CT molecular complexity index is 839. The Morgan fingerprint density at radius 1 is 1.24 bits per heavy atom. The van der Waals surface area contributed by atoms with E-state index in [-0.39, 0.29) is 12.0 Å². The van der Waals surface area contributed by atoms with Crippen LogP contribution in [-0.2, 0) is 16.0 Å². The fourth-order valence-corrected chi connectivity index (χ4v) is 4.02. The molecule has 29 heavy (non-hydrogen) atoms. The zero-order valence-electron chi connectivity index (χ0n) is 17.5. The third-order valence-electron chi connectivity index (χ3n) is 5.29. The van der Waals surface area contributed by atoms with Crippen molar-refractivity contribution in [1.29, 1.82) is 0 Å². The number of halogens is 1. The molecule has 1 fully saturated rings. The maximum absolute atomic E-state index is 12.5. The summed E-state index contributed by atoms with van der Waals surface area (Å²) in [6.07, 6.45) is 0.680. The van der Waals surface area contributed by atoms with Gasteiger partial charge in [-0.3, -0.25) is 14.7 Å². The Morgan fingerprint density at radius 2 is 2.03 bits per heavy atom. The van der Waals surface area contributed by atoms with Crippen LogP contribution in [0.4, 0.5) is 0 Å². The van der Waals surface area contributed by atoms with Crippen molar-refractivity contribution in [2.45, 2.75) is 33.3 Å². The van der Waals surface area contributed by atoms with Crippen LogP contribution in [0.15, 0.2) is 36.4 Å². The normalized spacial score (nSPS) is 17.3. The van der Waals surface area contributed by atoms with Crippen molar-refractivity contribution in [2.24, 2.45) is 0 Å². The van der Waals surface area contributed by atoms with Crippen LogP contribution < -0.4 is 0 Å². The van der Waals surface area contributed by atoms with Crippen molar-refractivity contribution in [3.05, 3.63) is 63.9 Å². The van der Waals surface area contributed by atoms with Crippen LogP contribution in [0.1, 0.15) is 42.5 Å². The summed E-state index contributed by atoms with van der Waals surface area (Å²) < 4.78 is 6.02. The smallest absolute Gasteiger partial charge is 0.236 e. The van der Waals surface area contributed by atoms with Gasteiger partial charge in [-0.05, 0) is 62.6 Å². The van der Waals surface area contributed by atoms with E-state index < -0.39 is 0 Å². The standard InChI is InChI=1S/C23H30ClN3O2/c1-4-27(5-2)23(28)16-26-9-10-29-22(15-26)21-14-19(11-17(3)25-21)12-18-7-6-8-20(24)13-18/h6-8,11,13-14,22H,4-5,9-10,12,15-16H2,1-3H3. The molecule has 0 radical (unpaired) electrons. The van der Waals surface area contributed by atoms with E-state index in [9.17, 15) is 4.79 Å². The second-order valence-electron chi connectivity index (χ2n) is 7.51. The van der Waals surface area contributed by atoms with Gasteiger partial charge in [-0.25, -0.2) is 0 Å². The highest BCUT2D eigenvalue weighted by atomic mass is 35.5. The van der Waals surface area contributed by atoms with Gasteiger partial charge in [0.05, 0.1) is 18.8 Å². The number of hydrogen-bond donors (Lipinski definition) is 0. The van der Waals surface area contributed by atoms with Gasteiger partial charge in [-0.2, -0.15) is 0 Å². The Kier molecular flexibility index (Phi) is 7.64. The summed E-state index contributed by atoms with van der Waals surface area (Å²) in [4.78, 5) is 21.2. The first-order chi connectivity index (χ1) is 14.0. The Morgan fingerprint density at radius 3 is 2.76 bits per heavy atom. The lowest BCUT2D eigenvalue weighted by Gasteiger charge is -2.33. The third kappa shape index (κ3) is 6.01. The molecule has 1 aliphatic heterocycles. The number of carbonyl (C=O) groups excluding carboxylic acids is 1. The number of ether oxygens (including phenoxy) is 1. The van der Waals surface area contributed by atoms with Crippen molar-refractivity contribution < 1.29 is 9.53 Å². The van der Waals surface area contributed by atoms with Crippen molar-refractivity contribution in [1.82, 2.24) is 14.8 Å². The van der Waals surface area contributed by atoms with Crippen LogP contribution in [0, 0.1) is 6.92 Å². The Labute approximate surface area is 178 Å². The molecule has 0 bridgehead atoms. The first-order valence-electron chi connectivity index (χ1n) is 10.3. The molecule has 2 heterocycles. The Balaban J connectivity index is 1.71. The first-order valence-corrected chi connectivity index (χ1v) is 10.7. The average Bonchev–Trinajstić information content (AvgIpc) is 2.69. The molecule has 156 valence electrons. The highest BCUT2D eigenvalue weighted by molar-refractivity contribution is 6.30. The second kappa shape index (κ2) is 10.2. The molecule has 0 N–H and O–H groups in total. The number of rotatable bonds is 7. The molecule has 1 atom stereocenters. The van der Waals surface area contributed by atoms with Gasteiger partial charge in [0.2, 0.25) is 5.91 Å². The lowest BCUT2D eigenvalue weighted by Crippen LogP contribution is -2.45. The molecule has 6 heteroatoms. The van der Waals surface area contributed by atoms with Crippen LogP contribution in [0.3, 0.4) is 0 Å². The number of nitrogens with zero attached hydrogens (tertiary/aromatic N) is 3. The molecule has 1 aromatic heterocycles. The molecule has 1 aromatic carbocycles. The van der Waals surface area contributed by atoms with Crippen LogP contribution in [-0.4, -0.2) is 60.0 Å². The van der Waals surface area contributed by atoms with Gasteiger partial charge in [0.15, 0.2) is 0 Å². The summed E-state index contributed by atoms with van der Waals surface area (Å²) in [6.45, 7) is 10.0. The summed E-state index contributed by atoms with van der Waals surface area (Å²) >= 11 is 6.13. The minimum Gasteiger partial charge on any atom is -0.369 e. The molecule has 0 spiro atoms. The number of amides is 1. The van der Waals surface area contributed by atoms with Crippen molar-refractivity contribution in [3.8, 4) is 0 Å². The molecule has 1 saturated heterocycles. The average molecular weight is 416 g/mol. The van der Waals surface area contributed by atoms with Crippen LogP contribution in [0.5, 0.6) is 0 Å². The number of morpholine rings is 1. The molecular weight excluding hydrogens is 386 g/mol. The zero-order chi connectivity index (χ0) is 20.8. The highest BCUT2D eigenvalue weighted by Gasteiger charge is 2.26. The van der Waals surface area contributed by atoms with Gasteiger partial charge >= 0.3 is 0 Å². The minimum atomic E-state index is -0.119. The van der Waals surface area contributed by atoms with Crippen LogP contribution >= 0.6 is 11.6 Å². The van der Waals surface area contributed by atoms with Gasteiger partial charge in [0, 0.05) is 36.9 Å². The molecule has 0 saturated carbocycles. The Hall–Kier alpha value is -1.95. The first kappa shape index (κ1) is 21.8. The van der Waals surface area contributed by atoms with Gasteiger partial charge in [0.25, 0.3) is 0 Å². The molecular formula is C23H30ClN3O2. The summed E-state index contributed by atoms with van der Waals surface area (Å²) in [7, 11) is 0. The van der Waals surface area contributed by atoms with Crippen LogP contribution in [0.25, 0.3) is 0 Å². The zero-order valence-corrected chi connectivity index (χ0v) is 18.3. The summed E-state index contributed by atoms with van der Waals surface area (Å²) in [5.41, 5.74) is 4.27. The van der Waals surface area contributed by atoms with E-state index in [1.54, 1.807) is 0 Å². The fraction of sp³-hybridized carbons (Fsp3) is 0.478. The van der Waals surface area contributed by atoms with Crippen LogP contribution in [0.2, 0.25) is 5.02 Å². The molecule has 1 aliphatic rings. The molecule has 1 amide bonds. The highest BCUT2D eigenvalue weighted by Crippen LogP contribution is 2.24. The number of aromatic nitrogens is 1. The van der Waals surface area contributed by atoms with E-state index in [2.05, 4.69) is 23.1 Å². The van der Waals surface area contributed by atoms with Gasteiger partial charge in [0.1, 0.15) is 6.10 Å². The number of aryl methyl sites for hydroxylation is 1. The van der Waals surface area contributed by atoms with E-state index in [1.807, 2.05) is 43.9 Å². The maximum atomic E-state index is 12.5. The molecule has 0 aliphatic carbocycles. The lowest BCUT2D eigenvalue weighted by molar-refractivity contribution is -0.134. The quantitative estimate of drug-likeness (QED) is 0.688. The SMILES string of the molecule is CCN(CC)C(=O)CN1CCOC(c2cc(Cc3cccc(Cl)c3)cc(C)n2)C1. The summed E-state index contributed by atoms with van der Waals surface area (Å²) in [6, 6.07) is 12.2. The predicted octanol–water partition coefficient (Wildman–Crippen LogP) is 3.88. The maximum Gasteiger partial charge on any atom is 0.236 e. The second-order valence-corrected chi connectivity index (χ2v) is 7.95. The van der Waals surface area contributed by atoms with Gasteiger partial charge < -0.3 is 9.64 Å². The van der Waals surface area contributed by atoms with E-state index in [0.29, 0.717) is 19.7 Å². The lowest BCUT2D eigenvalue weighted by atomic mass is 10.0. The number of likely N-dealkylation sites (N-methyl/N-ethyl adjacent to an activating group) is 1. The van der Waals surface area contributed by atoms with Crippen molar-refractivity contribution in [2.75, 3.05) is 39.3 Å². The largest absolute Gasteiger partial charge is 0.369 e. The number of benzene rings is 1. The molecule has 3 rings (SSSR count). The minimum absolute atomic E-state index is 0.119. The van der Waals surface area contributed by atoms with Crippen molar-refractivity contribution in [3.63, 3.8) is 0 Å². The molecule has 2 aromatic rings.